The van der Waals surface area contributed by atoms with E-state index in [9.17, 15) is 19.5 Å². The van der Waals surface area contributed by atoms with E-state index in [1.807, 2.05) is 18.4 Å². The number of ether oxygens (including phenoxy) is 5. The maximum absolute atomic E-state index is 14.2. The molecule has 3 unspecified atom stereocenters. The van der Waals surface area contributed by atoms with E-state index in [2.05, 4.69) is 5.32 Å². The summed E-state index contributed by atoms with van der Waals surface area (Å²) in [5, 5.41) is 14.7. The summed E-state index contributed by atoms with van der Waals surface area (Å²) in [6.45, 7) is 1.72. The number of thioether (sulfide) groups is 1. The molecule has 0 saturated heterocycles. The van der Waals surface area contributed by atoms with Gasteiger partial charge in [-0.25, -0.2) is 0 Å². The van der Waals surface area contributed by atoms with Crippen LogP contribution >= 0.6 is 23.4 Å². The number of nitrogens with one attached hydrogen (secondary N) is 1. The molecule has 0 saturated carbocycles. The van der Waals surface area contributed by atoms with Gasteiger partial charge in [0.1, 0.15) is 22.1 Å². The van der Waals surface area contributed by atoms with Gasteiger partial charge in [-0.05, 0) is 24.0 Å². The van der Waals surface area contributed by atoms with E-state index in [1.165, 1.54) is 46.3 Å². The number of halogens is 1. The van der Waals surface area contributed by atoms with Crippen molar-refractivity contribution in [2.45, 2.75) is 42.5 Å². The molecule has 1 heterocycles. The van der Waals surface area contributed by atoms with E-state index in [4.69, 9.17) is 35.3 Å². The molecule has 42 heavy (non-hydrogen) atoms. The van der Waals surface area contributed by atoms with Gasteiger partial charge in [0.25, 0.3) is 0 Å². The first-order valence-electron chi connectivity index (χ1n) is 13.2. The molecule has 3 atom stereocenters. The highest BCUT2D eigenvalue weighted by atomic mass is 35.5. The molecule has 0 radical (unpaired) electrons. The van der Waals surface area contributed by atoms with Crippen LogP contribution in [0.1, 0.15) is 41.6 Å². The molecule has 2 aromatic carbocycles. The third kappa shape index (κ3) is 5.46. The fraction of sp³-hybridized carbons (Fsp3) is 0.433. The molecule has 2 N–H and O–H groups in total. The molecule has 12 heteroatoms. The molecular weight excluding hydrogens is 586 g/mol. The van der Waals surface area contributed by atoms with Crippen LogP contribution in [-0.2, 0) is 19.1 Å². The fourth-order valence-corrected chi connectivity index (χ4v) is 6.15. The summed E-state index contributed by atoms with van der Waals surface area (Å²) in [5.41, 5.74) is -1.38. The molecule has 0 fully saturated rings. The SMILES string of the molecule is COc1cc(OC)c2c(c1Cl)OC1(C2=O)C(O)=C(C(CC(=O)NCC(OC)OC)c2ccc(SC)cc2)C(=O)CC1C. The lowest BCUT2D eigenvalue weighted by molar-refractivity contribution is -0.127. The number of benzene rings is 2. The van der Waals surface area contributed by atoms with Crippen molar-refractivity contribution in [1.29, 1.82) is 0 Å². The van der Waals surface area contributed by atoms with Gasteiger partial charge in [-0.3, -0.25) is 14.4 Å². The van der Waals surface area contributed by atoms with Crippen molar-refractivity contribution < 1.29 is 43.2 Å². The Kier molecular flexibility index (Phi) is 9.77. The standard InChI is InChI=1S/C30H34ClNO9S/c1-15-11-19(33)24(18(16-7-9-17(42-6)10-8-16)12-22(34)32-14-23(39-4)40-5)28(35)30(15)29(36)25-20(37-2)13-21(38-3)26(31)27(25)41-30/h7-10,13,15,18,23,35H,11-12,14H2,1-6H3,(H,32,34). The minimum atomic E-state index is -1.96. The van der Waals surface area contributed by atoms with Crippen LogP contribution in [0.25, 0.3) is 0 Å². The van der Waals surface area contributed by atoms with Crippen molar-refractivity contribution in [2.24, 2.45) is 5.92 Å². The van der Waals surface area contributed by atoms with Gasteiger partial charge in [-0.1, -0.05) is 30.7 Å². The zero-order valence-corrected chi connectivity index (χ0v) is 25.8. The number of aliphatic hydroxyl groups excluding tert-OH is 1. The highest BCUT2D eigenvalue weighted by Crippen LogP contribution is 2.55. The number of hydrogen-bond acceptors (Lipinski definition) is 10. The van der Waals surface area contributed by atoms with Crippen LogP contribution < -0.4 is 19.5 Å². The number of allylic oxidation sites excluding steroid dienone is 1. The summed E-state index contributed by atoms with van der Waals surface area (Å²) in [5.74, 6) is -3.26. The second-order valence-electron chi connectivity index (χ2n) is 9.99. The predicted octanol–water partition coefficient (Wildman–Crippen LogP) is 4.72. The Morgan fingerprint density at radius 2 is 1.79 bits per heavy atom. The van der Waals surface area contributed by atoms with Crippen molar-refractivity contribution >= 4 is 40.8 Å². The number of fused-ring (bicyclic) bond motifs is 1. The van der Waals surface area contributed by atoms with Crippen LogP contribution in [0.4, 0.5) is 0 Å². The Hall–Kier alpha value is -3.25. The average molecular weight is 620 g/mol. The number of Topliss-reactive ketones (excluding diaryl/α,β-unsaturated/α-hetero) is 2. The van der Waals surface area contributed by atoms with E-state index in [1.54, 1.807) is 19.1 Å². The van der Waals surface area contributed by atoms with Crippen LogP contribution in [0.2, 0.25) is 5.02 Å². The van der Waals surface area contributed by atoms with Crippen molar-refractivity contribution in [3.8, 4) is 17.2 Å². The van der Waals surface area contributed by atoms with Crippen molar-refractivity contribution in [1.82, 2.24) is 5.32 Å². The third-order valence-electron chi connectivity index (χ3n) is 7.76. The lowest BCUT2D eigenvalue weighted by Crippen LogP contribution is -2.53. The van der Waals surface area contributed by atoms with Gasteiger partial charge in [-0.2, -0.15) is 0 Å². The molecule has 1 amide bonds. The van der Waals surface area contributed by atoms with E-state index >= 15 is 0 Å². The second kappa shape index (κ2) is 12.9. The van der Waals surface area contributed by atoms with Gasteiger partial charge in [0.2, 0.25) is 17.3 Å². The lowest BCUT2D eigenvalue weighted by Gasteiger charge is -2.38. The number of rotatable bonds is 11. The van der Waals surface area contributed by atoms with Crippen molar-refractivity contribution in [3.05, 3.63) is 57.8 Å². The third-order valence-corrected chi connectivity index (χ3v) is 8.86. The maximum Gasteiger partial charge on any atom is 0.231 e. The largest absolute Gasteiger partial charge is 0.507 e. The lowest BCUT2D eigenvalue weighted by atomic mass is 9.69. The van der Waals surface area contributed by atoms with Gasteiger partial charge in [-0.15, -0.1) is 11.8 Å². The number of aliphatic hydroxyl groups is 1. The first kappa shape index (κ1) is 31.7. The molecule has 10 nitrogen and oxygen atoms in total. The van der Waals surface area contributed by atoms with Gasteiger partial charge in [0.05, 0.1) is 20.8 Å². The van der Waals surface area contributed by atoms with E-state index < -0.39 is 47.0 Å². The van der Waals surface area contributed by atoms with Crippen LogP contribution in [-0.4, -0.2) is 75.7 Å². The monoisotopic (exact) mass is 619 g/mol. The van der Waals surface area contributed by atoms with Crippen molar-refractivity contribution in [3.63, 3.8) is 0 Å². The zero-order chi connectivity index (χ0) is 30.8. The highest BCUT2D eigenvalue weighted by molar-refractivity contribution is 7.98. The Morgan fingerprint density at radius 3 is 2.36 bits per heavy atom. The Morgan fingerprint density at radius 1 is 1.14 bits per heavy atom. The quantitative estimate of drug-likeness (QED) is 0.269. The van der Waals surface area contributed by atoms with E-state index in [-0.39, 0.29) is 52.8 Å². The van der Waals surface area contributed by atoms with Gasteiger partial charge in [0.15, 0.2) is 23.6 Å². The molecule has 226 valence electrons. The molecule has 4 rings (SSSR count). The van der Waals surface area contributed by atoms with Crippen LogP contribution in [0.3, 0.4) is 0 Å². The second-order valence-corrected chi connectivity index (χ2v) is 11.2. The van der Waals surface area contributed by atoms with Gasteiger partial charge >= 0.3 is 0 Å². The molecule has 0 bridgehead atoms. The molecule has 1 aliphatic carbocycles. The van der Waals surface area contributed by atoms with Crippen LogP contribution in [0, 0.1) is 5.92 Å². The molecule has 0 aromatic heterocycles. The predicted molar refractivity (Wildman–Crippen MR) is 157 cm³/mol. The smallest absolute Gasteiger partial charge is 0.231 e. The van der Waals surface area contributed by atoms with Gasteiger partial charge in [0, 0.05) is 55.4 Å². The van der Waals surface area contributed by atoms with E-state index in [0.29, 0.717) is 5.56 Å². The van der Waals surface area contributed by atoms with Crippen LogP contribution in [0.5, 0.6) is 17.2 Å². The molecule has 2 aliphatic rings. The highest BCUT2D eigenvalue weighted by Gasteiger charge is 2.61. The minimum absolute atomic E-state index is 0.00578. The average Bonchev–Trinajstić information content (AvgIpc) is 3.31. The summed E-state index contributed by atoms with van der Waals surface area (Å²) in [6.07, 6.45) is 0.947. The number of carbonyl (C=O) groups is 3. The normalized spacial score (nSPS) is 20.5. The Bertz CT molecular complexity index is 1410. The molecular formula is C30H34ClNO9S. The van der Waals surface area contributed by atoms with E-state index in [0.717, 1.165) is 4.90 Å². The maximum atomic E-state index is 14.2. The summed E-state index contributed by atoms with van der Waals surface area (Å²) >= 11 is 8.09. The number of carbonyl (C=O) groups excluding carboxylic acids is 3. The minimum Gasteiger partial charge on any atom is -0.507 e. The summed E-state index contributed by atoms with van der Waals surface area (Å²) in [7, 11) is 5.71. The number of ketones is 2. The summed E-state index contributed by atoms with van der Waals surface area (Å²) in [4.78, 5) is 42.0. The van der Waals surface area contributed by atoms with Crippen LogP contribution in [0.15, 0.2) is 46.6 Å². The number of amides is 1. The number of methoxy groups -OCH3 is 4. The Labute approximate surface area is 253 Å². The first-order valence-corrected chi connectivity index (χ1v) is 14.8. The molecule has 2 aromatic rings. The Balaban J connectivity index is 1.85. The van der Waals surface area contributed by atoms with Gasteiger partial charge < -0.3 is 34.1 Å². The fourth-order valence-electron chi connectivity index (χ4n) is 5.48. The first-order chi connectivity index (χ1) is 20.1. The summed E-state index contributed by atoms with van der Waals surface area (Å²) in [6, 6.07) is 8.79. The summed E-state index contributed by atoms with van der Waals surface area (Å²) < 4.78 is 27.4. The molecule has 1 aliphatic heterocycles. The topological polar surface area (TPSA) is 130 Å². The van der Waals surface area contributed by atoms with Crippen molar-refractivity contribution in [2.75, 3.05) is 41.2 Å². The molecule has 1 spiro atoms. The zero-order valence-electron chi connectivity index (χ0n) is 24.2. The number of hydrogen-bond donors (Lipinski definition) is 2.